The molecule has 0 saturated carbocycles. The van der Waals surface area contributed by atoms with Crippen molar-refractivity contribution in [3.63, 3.8) is 0 Å². The Bertz CT molecular complexity index is 608. The Morgan fingerprint density at radius 3 is 2.89 bits per heavy atom. The molecule has 2 aromatic rings. The lowest BCUT2D eigenvalue weighted by atomic mass is 10.2. The molecule has 0 atom stereocenters. The van der Waals surface area contributed by atoms with Crippen LogP contribution >= 0.6 is 0 Å². The van der Waals surface area contributed by atoms with E-state index in [9.17, 15) is 8.42 Å². The van der Waals surface area contributed by atoms with Gasteiger partial charge in [0.2, 0.25) is 10.0 Å². The first kappa shape index (κ1) is 12.7. The zero-order valence-corrected chi connectivity index (χ0v) is 10.7. The Hall–Kier alpha value is -1.73. The molecule has 0 aliphatic heterocycles. The van der Waals surface area contributed by atoms with Gasteiger partial charge in [0, 0.05) is 13.0 Å². The Morgan fingerprint density at radius 1 is 1.39 bits per heavy atom. The third-order valence-corrected chi connectivity index (χ3v) is 3.88. The van der Waals surface area contributed by atoms with Crippen molar-refractivity contribution < 1.29 is 8.42 Å². The average molecular weight is 266 g/mol. The van der Waals surface area contributed by atoms with E-state index < -0.39 is 10.0 Å². The number of aryl methyl sites for hydroxylation is 1. The molecule has 2 N–H and O–H groups in total. The fraction of sp³-hybridized carbons (Fsp3) is 0.273. The van der Waals surface area contributed by atoms with Crippen LogP contribution in [0.15, 0.2) is 35.5 Å². The van der Waals surface area contributed by atoms with Crippen LogP contribution in [0.5, 0.6) is 0 Å². The first-order valence-corrected chi connectivity index (χ1v) is 6.97. The van der Waals surface area contributed by atoms with Gasteiger partial charge in [-0.2, -0.15) is 5.10 Å². The van der Waals surface area contributed by atoms with E-state index in [1.165, 1.54) is 6.33 Å². The van der Waals surface area contributed by atoms with Gasteiger partial charge < -0.3 is 0 Å². The van der Waals surface area contributed by atoms with Gasteiger partial charge in [0.15, 0.2) is 0 Å². The van der Waals surface area contributed by atoms with Gasteiger partial charge in [0.25, 0.3) is 0 Å². The molecule has 1 aromatic heterocycles. The lowest BCUT2D eigenvalue weighted by molar-refractivity contribution is 0.581. The normalized spacial score (nSPS) is 11.6. The molecule has 6 nitrogen and oxygen atoms in total. The topological polar surface area (TPSA) is 87.7 Å². The van der Waals surface area contributed by atoms with Crippen LogP contribution in [-0.2, 0) is 16.4 Å². The van der Waals surface area contributed by atoms with Crippen LogP contribution in [-0.4, -0.2) is 30.1 Å². The predicted octanol–water partition coefficient (Wildman–Crippen LogP) is 0.634. The molecular formula is C11H14N4O2S. The summed E-state index contributed by atoms with van der Waals surface area (Å²) in [5.74, 6) is 0.655. The van der Waals surface area contributed by atoms with Gasteiger partial charge in [0.1, 0.15) is 12.2 Å². The number of H-pyrrole nitrogens is 1. The standard InChI is InChI=1S/C11H14N4O2S/c1-9-3-2-4-10(7-9)18(16,17)14-6-5-11-12-8-13-15-11/h2-4,7-8,14H,5-6H2,1H3,(H,12,13,15). The van der Waals surface area contributed by atoms with E-state index in [-0.39, 0.29) is 11.4 Å². The number of benzene rings is 1. The van der Waals surface area contributed by atoms with E-state index in [1.807, 2.05) is 13.0 Å². The van der Waals surface area contributed by atoms with Crippen molar-refractivity contribution in [3.05, 3.63) is 42.0 Å². The van der Waals surface area contributed by atoms with Crippen molar-refractivity contribution in [2.75, 3.05) is 6.54 Å². The quantitative estimate of drug-likeness (QED) is 0.831. The van der Waals surface area contributed by atoms with Gasteiger partial charge in [-0.3, -0.25) is 5.10 Å². The molecule has 1 heterocycles. The van der Waals surface area contributed by atoms with Gasteiger partial charge in [-0.1, -0.05) is 12.1 Å². The van der Waals surface area contributed by atoms with E-state index in [2.05, 4.69) is 19.9 Å². The highest BCUT2D eigenvalue weighted by Gasteiger charge is 2.13. The Labute approximate surface area is 106 Å². The maximum absolute atomic E-state index is 12.0. The molecule has 0 fully saturated rings. The summed E-state index contributed by atoms with van der Waals surface area (Å²) >= 11 is 0. The summed E-state index contributed by atoms with van der Waals surface area (Å²) in [6.45, 7) is 2.14. The largest absolute Gasteiger partial charge is 0.263 e. The van der Waals surface area contributed by atoms with Gasteiger partial charge in [-0.15, -0.1) is 0 Å². The van der Waals surface area contributed by atoms with Crippen LogP contribution < -0.4 is 4.72 Å². The summed E-state index contributed by atoms with van der Waals surface area (Å²) in [7, 11) is -3.45. The molecule has 7 heteroatoms. The number of rotatable bonds is 5. The number of hydrogen-bond acceptors (Lipinski definition) is 4. The second-order valence-electron chi connectivity index (χ2n) is 3.90. The minimum Gasteiger partial charge on any atom is -0.263 e. The highest BCUT2D eigenvalue weighted by atomic mass is 32.2. The van der Waals surface area contributed by atoms with E-state index in [0.717, 1.165) is 5.56 Å². The molecule has 18 heavy (non-hydrogen) atoms. The second kappa shape index (κ2) is 5.28. The van der Waals surface area contributed by atoms with Crippen LogP contribution in [0, 0.1) is 6.92 Å². The van der Waals surface area contributed by atoms with E-state index in [0.29, 0.717) is 12.2 Å². The zero-order chi connectivity index (χ0) is 13.0. The van der Waals surface area contributed by atoms with E-state index in [1.54, 1.807) is 18.2 Å². The average Bonchev–Trinajstić information content (AvgIpc) is 2.82. The van der Waals surface area contributed by atoms with Crippen molar-refractivity contribution in [1.82, 2.24) is 19.9 Å². The second-order valence-corrected chi connectivity index (χ2v) is 5.66. The third kappa shape index (κ3) is 3.14. The van der Waals surface area contributed by atoms with Gasteiger partial charge in [-0.05, 0) is 24.6 Å². The molecule has 0 radical (unpaired) electrons. The molecule has 1 aromatic carbocycles. The fourth-order valence-corrected chi connectivity index (χ4v) is 2.66. The van der Waals surface area contributed by atoms with Crippen LogP contribution in [0.4, 0.5) is 0 Å². The van der Waals surface area contributed by atoms with Crippen molar-refractivity contribution >= 4 is 10.0 Å². The van der Waals surface area contributed by atoms with Crippen LogP contribution in [0.2, 0.25) is 0 Å². The molecule has 0 amide bonds. The van der Waals surface area contributed by atoms with Crippen molar-refractivity contribution in [2.24, 2.45) is 0 Å². The van der Waals surface area contributed by atoms with Crippen LogP contribution in [0.3, 0.4) is 0 Å². The zero-order valence-electron chi connectivity index (χ0n) is 9.92. The lowest BCUT2D eigenvalue weighted by Crippen LogP contribution is -2.26. The van der Waals surface area contributed by atoms with Crippen molar-refractivity contribution in [1.29, 1.82) is 0 Å². The predicted molar refractivity (Wildman–Crippen MR) is 66.5 cm³/mol. The van der Waals surface area contributed by atoms with Gasteiger partial charge >= 0.3 is 0 Å². The molecular weight excluding hydrogens is 252 g/mol. The molecule has 2 rings (SSSR count). The number of aromatic nitrogens is 3. The lowest BCUT2D eigenvalue weighted by Gasteiger charge is -2.06. The van der Waals surface area contributed by atoms with Crippen LogP contribution in [0.25, 0.3) is 0 Å². The number of aromatic amines is 1. The summed E-state index contributed by atoms with van der Waals surface area (Å²) < 4.78 is 26.4. The summed E-state index contributed by atoms with van der Waals surface area (Å²) in [4.78, 5) is 4.20. The molecule has 0 aliphatic rings. The Morgan fingerprint density at radius 2 is 2.22 bits per heavy atom. The smallest absolute Gasteiger partial charge is 0.240 e. The monoisotopic (exact) mass is 266 g/mol. The minimum atomic E-state index is -3.45. The Balaban J connectivity index is 1.99. The highest BCUT2D eigenvalue weighted by molar-refractivity contribution is 7.89. The number of nitrogens with one attached hydrogen (secondary N) is 2. The summed E-state index contributed by atoms with van der Waals surface area (Å²) in [5.41, 5.74) is 0.910. The summed E-state index contributed by atoms with van der Waals surface area (Å²) in [5, 5.41) is 6.37. The summed E-state index contributed by atoms with van der Waals surface area (Å²) in [6, 6.07) is 6.79. The fourth-order valence-electron chi connectivity index (χ4n) is 1.52. The van der Waals surface area contributed by atoms with E-state index in [4.69, 9.17) is 0 Å². The maximum Gasteiger partial charge on any atom is 0.240 e. The number of nitrogens with zero attached hydrogens (tertiary/aromatic N) is 2. The molecule has 0 spiro atoms. The summed E-state index contributed by atoms with van der Waals surface area (Å²) in [6.07, 6.45) is 1.87. The van der Waals surface area contributed by atoms with Crippen LogP contribution in [0.1, 0.15) is 11.4 Å². The Kier molecular flexibility index (Phi) is 3.73. The maximum atomic E-state index is 12.0. The number of hydrogen-bond donors (Lipinski definition) is 2. The molecule has 0 saturated heterocycles. The first-order valence-electron chi connectivity index (χ1n) is 5.48. The molecule has 0 aliphatic carbocycles. The molecule has 96 valence electrons. The molecule has 0 bridgehead atoms. The first-order chi connectivity index (χ1) is 8.58. The third-order valence-electron chi connectivity index (χ3n) is 2.42. The van der Waals surface area contributed by atoms with Crippen molar-refractivity contribution in [2.45, 2.75) is 18.2 Å². The highest BCUT2D eigenvalue weighted by Crippen LogP contribution is 2.10. The van der Waals surface area contributed by atoms with Gasteiger partial charge in [0.05, 0.1) is 4.90 Å². The van der Waals surface area contributed by atoms with Crippen molar-refractivity contribution in [3.8, 4) is 0 Å². The number of sulfonamides is 1. The molecule has 0 unspecified atom stereocenters. The SMILES string of the molecule is Cc1cccc(S(=O)(=O)NCCc2ncn[nH]2)c1. The minimum absolute atomic E-state index is 0.278. The van der Waals surface area contributed by atoms with E-state index >= 15 is 0 Å². The van der Waals surface area contributed by atoms with Gasteiger partial charge in [-0.25, -0.2) is 18.1 Å².